The Bertz CT molecular complexity index is 945. The van der Waals surface area contributed by atoms with E-state index in [1.165, 1.54) is 18.2 Å². The zero-order chi connectivity index (χ0) is 19.7. The Kier molecular flexibility index (Phi) is 5.14. The first-order chi connectivity index (χ1) is 12.8. The molecule has 1 saturated heterocycles. The Hall–Kier alpha value is -2.93. The van der Waals surface area contributed by atoms with Crippen LogP contribution in [0.15, 0.2) is 36.4 Å². The van der Waals surface area contributed by atoms with Gasteiger partial charge in [0.15, 0.2) is 0 Å². The van der Waals surface area contributed by atoms with E-state index in [9.17, 15) is 19.7 Å². The molecule has 1 fully saturated rings. The zero-order valence-electron chi connectivity index (χ0n) is 14.9. The topological polar surface area (TPSA) is 92.6 Å². The molecule has 0 bridgehead atoms. The fraction of sp³-hybridized carbons (Fsp3) is 0.263. The van der Waals surface area contributed by atoms with E-state index in [4.69, 9.17) is 11.6 Å². The average molecular weight is 388 g/mol. The molecule has 3 rings (SSSR count). The highest BCUT2D eigenvalue weighted by molar-refractivity contribution is 6.31. The van der Waals surface area contributed by atoms with Gasteiger partial charge in [-0.05, 0) is 43.2 Å². The molecule has 2 aromatic carbocycles. The van der Waals surface area contributed by atoms with Gasteiger partial charge in [-0.1, -0.05) is 17.7 Å². The second kappa shape index (κ2) is 7.36. The first-order valence-corrected chi connectivity index (χ1v) is 8.76. The summed E-state index contributed by atoms with van der Waals surface area (Å²) in [5, 5.41) is 14.1. The summed E-state index contributed by atoms with van der Waals surface area (Å²) in [6, 6.07) is 9.59. The summed E-state index contributed by atoms with van der Waals surface area (Å²) in [4.78, 5) is 36.8. The van der Waals surface area contributed by atoms with Crippen LogP contribution in [0.5, 0.6) is 0 Å². The molecule has 0 spiro atoms. The largest absolute Gasteiger partial charge is 0.326 e. The monoisotopic (exact) mass is 387 g/mol. The molecule has 0 radical (unpaired) electrons. The quantitative estimate of drug-likeness (QED) is 0.636. The van der Waals surface area contributed by atoms with Crippen molar-refractivity contribution in [1.82, 2.24) is 0 Å². The van der Waals surface area contributed by atoms with E-state index in [1.807, 2.05) is 13.0 Å². The average Bonchev–Trinajstić information content (AvgIpc) is 3.01. The summed E-state index contributed by atoms with van der Waals surface area (Å²) in [5.41, 5.74) is 2.62. The highest BCUT2D eigenvalue weighted by Crippen LogP contribution is 2.30. The molecule has 0 aliphatic carbocycles. The molecule has 0 saturated carbocycles. The predicted molar refractivity (Wildman–Crippen MR) is 103 cm³/mol. The third-order valence-corrected chi connectivity index (χ3v) is 5.05. The molecule has 140 valence electrons. The van der Waals surface area contributed by atoms with Crippen LogP contribution in [-0.4, -0.2) is 23.3 Å². The number of benzene rings is 2. The smallest absolute Gasteiger partial charge is 0.269 e. The van der Waals surface area contributed by atoms with Gasteiger partial charge in [0.05, 0.1) is 10.8 Å². The lowest BCUT2D eigenvalue weighted by atomic mass is 10.1. The number of hydrogen-bond acceptors (Lipinski definition) is 4. The third kappa shape index (κ3) is 3.93. The van der Waals surface area contributed by atoms with Crippen molar-refractivity contribution >= 4 is 40.5 Å². The minimum Gasteiger partial charge on any atom is -0.326 e. The highest BCUT2D eigenvalue weighted by atomic mass is 35.5. The number of amides is 2. The molecular weight excluding hydrogens is 370 g/mol. The van der Waals surface area contributed by atoms with E-state index in [2.05, 4.69) is 5.32 Å². The Morgan fingerprint density at radius 3 is 2.59 bits per heavy atom. The summed E-state index contributed by atoms with van der Waals surface area (Å²) in [6.07, 6.45) is 0.101. The lowest BCUT2D eigenvalue weighted by Crippen LogP contribution is -2.28. The summed E-state index contributed by atoms with van der Waals surface area (Å²) in [5.74, 6) is -0.941. The fourth-order valence-electron chi connectivity index (χ4n) is 3.02. The van der Waals surface area contributed by atoms with Crippen molar-refractivity contribution in [2.75, 3.05) is 16.8 Å². The van der Waals surface area contributed by atoms with Gasteiger partial charge in [-0.2, -0.15) is 0 Å². The molecule has 1 N–H and O–H groups in total. The number of aryl methyl sites for hydroxylation is 2. The Morgan fingerprint density at radius 2 is 1.96 bits per heavy atom. The van der Waals surface area contributed by atoms with Crippen LogP contribution in [0.25, 0.3) is 0 Å². The summed E-state index contributed by atoms with van der Waals surface area (Å²) in [6.45, 7) is 3.82. The standard InChI is InChI=1S/C19H18ClN3O4/c1-11-3-4-14(9-16(11)20)22-10-13(8-18(22)24)19(25)21-17-6-5-15(23(26)27)7-12(17)2/h3-7,9,13H,8,10H2,1-2H3,(H,21,25)/t13-/m1/s1. The van der Waals surface area contributed by atoms with E-state index in [0.29, 0.717) is 22.0 Å². The third-order valence-electron chi connectivity index (χ3n) is 4.64. The van der Waals surface area contributed by atoms with Crippen LogP contribution in [0.3, 0.4) is 0 Å². The van der Waals surface area contributed by atoms with Gasteiger partial charge in [0.25, 0.3) is 5.69 Å². The van der Waals surface area contributed by atoms with Crippen LogP contribution in [-0.2, 0) is 9.59 Å². The van der Waals surface area contributed by atoms with E-state index < -0.39 is 10.8 Å². The summed E-state index contributed by atoms with van der Waals surface area (Å²) < 4.78 is 0. The van der Waals surface area contributed by atoms with Crippen molar-refractivity contribution in [3.8, 4) is 0 Å². The molecule has 1 aliphatic heterocycles. The maximum Gasteiger partial charge on any atom is 0.269 e. The number of carbonyl (C=O) groups is 2. The van der Waals surface area contributed by atoms with Crippen molar-refractivity contribution in [2.45, 2.75) is 20.3 Å². The van der Waals surface area contributed by atoms with Crippen LogP contribution < -0.4 is 10.2 Å². The normalized spacial score (nSPS) is 16.5. The molecule has 27 heavy (non-hydrogen) atoms. The second-order valence-electron chi connectivity index (χ2n) is 6.58. The number of nitro benzene ring substituents is 1. The minimum atomic E-state index is -0.507. The number of carbonyl (C=O) groups excluding carboxylic acids is 2. The molecular formula is C19H18ClN3O4. The number of nitrogens with zero attached hydrogens (tertiary/aromatic N) is 2. The molecule has 2 amide bonds. The molecule has 8 heteroatoms. The molecule has 2 aromatic rings. The molecule has 7 nitrogen and oxygen atoms in total. The number of rotatable bonds is 4. The first-order valence-electron chi connectivity index (χ1n) is 8.38. The number of anilines is 2. The van der Waals surface area contributed by atoms with Crippen LogP contribution in [0, 0.1) is 29.9 Å². The Labute approximate surface area is 161 Å². The van der Waals surface area contributed by atoms with Crippen molar-refractivity contribution < 1.29 is 14.5 Å². The lowest BCUT2D eigenvalue weighted by molar-refractivity contribution is -0.384. The first kappa shape index (κ1) is 18.8. The number of non-ortho nitro benzene ring substituents is 1. The van der Waals surface area contributed by atoms with Crippen molar-refractivity contribution in [3.63, 3.8) is 0 Å². The van der Waals surface area contributed by atoms with Gasteiger partial charge in [0.1, 0.15) is 0 Å². The van der Waals surface area contributed by atoms with Gasteiger partial charge >= 0.3 is 0 Å². The predicted octanol–water partition coefficient (Wildman–Crippen LogP) is 3.86. The van der Waals surface area contributed by atoms with Gasteiger partial charge in [-0.25, -0.2) is 0 Å². The maximum absolute atomic E-state index is 12.6. The second-order valence-corrected chi connectivity index (χ2v) is 6.99. The van der Waals surface area contributed by atoms with E-state index >= 15 is 0 Å². The van der Waals surface area contributed by atoms with Crippen LogP contribution >= 0.6 is 11.6 Å². The number of hydrogen-bond donors (Lipinski definition) is 1. The number of nitrogens with one attached hydrogen (secondary N) is 1. The van der Waals surface area contributed by atoms with Crippen LogP contribution in [0.2, 0.25) is 5.02 Å². The molecule has 0 aromatic heterocycles. The summed E-state index contributed by atoms with van der Waals surface area (Å²) in [7, 11) is 0. The van der Waals surface area contributed by atoms with Gasteiger partial charge in [-0.15, -0.1) is 0 Å². The number of nitro groups is 1. The van der Waals surface area contributed by atoms with E-state index in [1.54, 1.807) is 24.0 Å². The minimum absolute atomic E-state index is 0.0380. The van der Waals surface area contributed by atoms with Crippen LogP contribution in [0.4, 0.5) is 17.1 Å². The lowest BCUT2D eigenvalue weighted by Gasteiger charge is -2.18. The zero-order valence-corrected chi connectivity index (χ0v) is 15.6. The van der Waals surface area contributed by atoms with E-state index in [0.717, 1.165) is 5.56 Å². The Morgan fingerprint density at radius 1 is 1.22 bits per heavy atom. The maximum atomic E-state index is 12.6. The molecule has 0 unspecified atom stereocenters. The number of halogens is 1. The van der Waals surface area contributed by atoms with Gasteiger partial charge < -0.3 is 10.2 Å². The molecule has 1 aliphatic rings. The molecule has 1 heterocycles. The highest BCUT2D eigenvalue weighted by Gasteiger charge is 2.35. The Balaban J connectivity index is 1.72. The van der Waals surface area contributed by atoms with Gasteiger partial charge in [0, 0.05) is 41.5 Å². The van der Waals surface area contributed by atoms with Gasteiger partial charge in [0.2, 0.25) is 11.8 Å². The van der Waals surface area contributed by atoms with Crippen LogP contribution in [0.1, 0.15) is 17.5 Å². The molecule has 1 atom stereocenters. The summed E-state index contributed by atoms with van der Waals surface area (Å²) >= 11 is 6.13. The van der Waals surface area contributed by atoms with Crippen molar-refractivity contribution in [1.29, 1.82) is 0 Å². The van der Waals surface area contributed by atoms with Crippen molar-refractivity contribution in [2.24, 2.45) is 5.92 Å². The SMILES string of the molecule is Cc1ccc(N2C[C@H](C(=O)Nc3ccc([N+](=O)[O-])cc3C)CC2=O)cc1Cl. The fourth-order valence-corrected chi connectivity index (χ4v) is 3.19. The van der Waals surface area contributed by atoms with E-state index in [-0.39, 0.29) is 30.5 Å². The van der Waals surface area contributed by atoms with Crippen molar-refractivity contribution in [3.05, 3.63) is 62.7 Å². The van der Waals surface area contributed by atoms with Gasteiger partial charge in [-0.3, -0.25) is 19.7 Å².